The van der Waals surface area contributed by atoms with Crippen molar-refractivity contribution in [1.82, 2.24) is 13.6 Å². The summed E-state index contributed by atoms with van der Waals surface area (Å²) in [6.45, 7) is 10.4. The van der Waals surface area contributed by atoms with Crippen LogP contribution in [-0.2, 0) is 30.2 Å². The molecule has 0 radical (unpaired) electrons. The lowest BCUT2D eigenvalue weighted by Crippen LogP contribution is -2.28. The smallest absolute Gasteiger partial charge is 0.351 e. The number of aromatic carboxylic acids is 1. The summed E-state index contributed by atoms with van der Waals surface area (Å²) in [5.41, 5.74) is 2.92. The van der Waals surface area contributed by atoms with Crippen LogP contribution in [0.2, 0.25) is 0 Å². The monoisotopic (exact) mass is 388 g/mol. The van der Waals surface area contributed by atoms with Crippen LogP contribution in [0.4, 0.5) is 5.69 Å². The van der Waals surface area contributed by atoms with Gasteiger partial charge in [0.1, 0.15) is 5.69 Å². The van der Waals surface area contributed by atoms with Crippen molar-refractivity contribution in [3.63, 3.8) is 0 Å². The van der Waals surface area contributed by atoms with Crippen molar-refractivity contribution < 1.29 is 18.3 Å². The van der Waals surface area contributed by atoms with E-state index in [1.54, 1.807) is 35.9 Å². The lowest BCUT2D eigenvalue weighted by molar-refractivity contribution is 0.0687. The number of nitrogens with one attached hydrogen (secondary N) is 1. The van der Waals surface area contributed by atoms with Crippen molar-refractivity contribution in [2.75, 3.05) is 13.1 Å². The van der Waals surface area contributed by atoms with Crippen LogP contribution < -0.4 is 4.72 Å². The second-order valence-corrected chi connectivity index (χ2v) is 8.03. The van der Waals surface area contributed by atoms with Gasteiger partial charge in [0, 0.05) is 37.9 Å². The van der Waals surface area contributed by atoms with Gasteiger partial charge in [-0.3, -0.25) is 0 Å². The van der Waals surface area contributed by atoms with Gasteiger partial charge in [-0.05, 0) is 17.5 Å². The lowest BCUT2D eigenvalue weighted by atomic mass is 10.0. The number of carboxylic acid groups (broad SMARTS) is 1. The van der Waals surface area contributed by atoms with Crippen LogP contribution in [-0.4, -0.2) is 41.5 Å². The van der Waals surface area contributed by atoms with E-state index in [1.165, 1.54) is 4.31 Å². The Bertz CT molecular complexity index is 1030. The molecular formula is C18H20N4O4S. The van der Waals surface area contributed by atoms with Crippen molar-refractivity contribution in [1.29, 1.82) is 0 Å². The minimum Gasteiger partial charge on any atom is -0.477 e. The first-order valence-electron chi connectivity index (χ1n) is 8.46. The topological polar surface area (TPSA) is 96.0 Å². The molecule has 0 amide bonds. The Kier molecular flexibility index (Phi) is 5.06. The van der Waals surface area contributed by atoms with Crippen LogP contribution in [0.3, 0.4) is 0 Å². The Hall–Kier alpha value is -2.67. The minimum absolute atomic E-state index is 0.0805. The number of hydrogen-bond acceptors (Lipinski definition) is 3. The van der Waals surface area contributed by atoms with Gasteiger partial charge in [-0.2, -0.15) is 12.7 Å². The third-order valence-electron chi connectivity index (χ3n) is 4.72. The fraction of sp³-hybridized carbons (Fsp3) is 0.333. The molecule has 0 aliphatic carbocycles. The fourth-order valence-corrected chi connectivity index (χ4v) is 4.60. The highest BCUT2D eigenvalue weighted by molar-refractivity contribution is 7.87. The maximum Gasteiger partial charge on any atom is 0.351 e. The van der Waals surface area contributed by atoms with Crippen molar-refractivity contribution in [3.05, 3.63) is 52.6 Å². The SMILES string of the molecule is [C-]#[N+]c1c(-c2ccc(CN3CCNS3(=O)=O)cc2)c(C(=O)O)n(C)c1CC. The predicted octanol–water partition coefficient (Wildman–Crippen LogP) is 2.15. The molecule has 3 rings (SSSR count). The summed E-state index contributed by atoms with van der Waals surface area (Å²) in [6, 6.07) is 7.00. The largest absolute Gasteiger partial charge is 0.477 e. The quantitative estimate of drug-likeness (QED) is 0.767. The van der Waals surface area contributed by atoms with E-state index in [-0.39, 0.29) is 12.2 Å². The third-order valence-corrected chi connectivity index (χ3v) is 6.28. The molecule has 1 saturated heterocycles. The number of hydrogen-bond donors (Lipinski definition) is 2. The van der Waals surface area contributed by atoms with E-state index in [0.29, 0.717) is 42.0 Å². The van der Waals surface area contributed by atoms with Gasteiger partial charge in [-0.1, -0.05) is 31.2 Å². The Balaban J connectivity index is 2.01. The molecule has 0 spiro atoms. The van der Waals surface area contributed by atoms with Gasteiger partial charge in [0.25, 0.3) is 10.2 Å². The summed E-state index contributed by atoms with van der Waals surface area (Å²) < 4.78 is 29.1. The fourth-order valence-electron chi connectivity index (χ4n) is 3.42. The van der Waals surface area contributed by atoms with Gasteiger partial charge < -0.3 is 9.67 Å². The molecule has 2 N–H and O–H groups in total. The van der Waals surface area contributed by atoms with Gasteiger partial charge in [-0.25, -0.2) is 14.4 Å². The minimum atomic E-state index is -3.42. The summed E-state index contributed by atoms with van der Waals surface area (Å²) in [4.78, 5) is 15.4. The average Bonchev–Trinajstić information content (AvgIpc) is 3.11. The Morgan fingerprint density at radius 2 is 2.00 bits per heavy atom. The molecule has 1 aromatic carbocycles. The number of benzene rings is 1. The molecule has 8 nitrogen and oxygen atoms in total. The first-order chi connectivity index (χ1) is 12.8. The van der Waals surface area contributed by atoms with E-state index in [9.17, 15) is 18.3 Å². The maximum atomic E-state index is 11.8. The summed E-state index contributed by atoms with van der Waals surface area (Å²) in [7, 11) is -1.77. The molecule has 0 atom stereocenters. The highest BCUT2D eigenvalue weighted by atomic mass is 32.2. The van der Waals surface area contributed by atoms with E-state index in [0.717, 1.165) is 5.56 Å². The van der Waals surface area contributed by atoms with Crippen LogP contribution in [0.1, 0.15) is 28.7 Å². The Labute approximate surface area is 158 Å². The van der Waals surface area contributed by atoms with E-state index < -0.39 is 16.2 Å². The molecule has 0 saturated carbocycles. The summed E-state index contributed by atoms with van der Waals surface area (Å²) in [5, 5.41) is 9.63. The molecule has 2 heterocycles. The standard InChI is InChI=1S/C18H20N4O4S/c1-4-14-16(19-2)15(17(18(23)24)21(14)3)13-7-5-12(6-8-13)11-22-10-9-20-27(22,25)26/h5-8,20H,4,9-11H2,1,3H3,(H,23,24). The molecule has 27 heavy (non-hydrogen) atoms. The van der Waals surface area contributed by atoms with Crippen molar-refractivity contribution in [2.45, 2.75) is 19.9 Å². The van der Waals surface area contributed by atoms with Crippen LogP contribution in [0, 0.1) is 6.57 Å². The highest BCUT2D eigenvalue weighted by Gasteiger charge is 2.28. The van der Waals surface area contributed by atoms with Crippen molar-refractivity contribution in [2.24, 2.45) is 7.05 Å². The molecule has 1 aliphatic rings. The summed E-state index contributed by atoms with van der Waals surface area (Å²) >= 11 is 0. The van der Waals surface area contributed by atoms with Gasteiger partial charge >= 0.3 is 5.97 Å². The van der Waals surface area contributed by atoms with Crippen molar-refractivity contribution in [3.8, 4) is 11.1 Å². The van der Waals surface area contributed by atoms with Crippen LogP contribution >= 0.6 is 0 Å². The first kappa shape index (κ1) is 19.1. The van der Waals surface area contributed by atoms with Crippen LogP contribution in [0.25, 0.3) is 16.0 Å². The third kappa shape index (κ3) is 3.35. The zero-order chi connectivity index (χ0) is 19.8. The van der Waals surface area contributed by atoms with E-state index in [1.807, 2.05) is 6.92 Å². The predicted molar refractivity (Wildman–Crippen MR) is 101 cm³/mol. The Morgan fingerprint density at radius 1 is 1.33 bits per heavy atom. The zero-order valence-corrected chi connectivity index (χ0v) is 15.9. The zero-order valence-electron chi connectivity index (χ0n) is 15.1. The molecule has 1 aliphatic heterocycles. The van der Waals surface area contributed by atoms with E-state index in [4.69, 9.17) is 6.57 Å². The van der Waals surface area contributed by atoms with Crippen molar-refractivity contribution >= 4 is 21.9 Å². The van der Waals surface area contributed by atoms with E-state index in [2.05, 4.69) is 9.57 Å². The second-order valence-electron chi connectivity index (χ2n) is 6.28. The molecule has 0 unspecified atom stereocenters. The molecule has 1 aromatic heterocycles. The van der Waals surface area contributed by atoms with Gasteiger partial charge in [-0.15, -0.1) is 0 Å². The highest BCUT2D eigenvalue weighted by Crippen LogP contribution is 2.39. The van der Waals surface area contributed by atoms with Gasteiger partial charge in [0.2, 0.25) is 5.69 Å². The first-order valence-corrected chi connectivity index (χ1v) is 9.90. The second kappa shape index (κ2) is 7.15. The molecule has 2 aromatic rings. The van der Waals surface area contributed by atoms with Crippen LogP contribution in [0.15, 0.2) is 24.3 Å². The normalized spacial score (nSPS) is 16.3. The maximum absolute atomic E-state index is 11.8. The van der Waals surface area contributed by atoms with Crippen LogP contribution in [0.5, 0.6) is 0 Å². The molecule has 0 bridgehead atoms. The Morgan fingerprint density at radius 3 is 2.48 bits per heavy atom. The van der Waals surface area contributed by atoms with E-state index >= 15 is 0 Å². The molecule has 1 fully saturated rings. The number of rotatable bonds is 5. The molecule has 142 valence electrons. The lowest BCUT2D eigenvalue weighted by Gasteiger charge is -2.13. The number of carboxylic acids is 1. The number of carbonyl (C=O) groups is 1. The van der Waals surface area contributed by atoms with Gasteiger partial charge in [0.15, 0.2) is 0 Å². The summed E-state index contributed by atoms with van der Waals surface area (Å²) in [6.07, 6.45) is 0.548. The summed E-state index contributed by atoms with van der Waals surface area (Å²) in [5.74, 6) is -1.09. The molecule has 9 heteroatoms. The number of nitrogens with zero attached hydrogens (tertiary/aromatic N) is 3. The number of aromatic nitrogens is 1. The molecular weight excluding hydrogens is 368 g/mol. The average molecular weight is 388 g/mol. The van der Waals surface area contributed by atoms with Gasteiger partial charge in [0.05, 0.1) is 6.57 Å².